The van der Waals surface area contributed by atoms with Gasteiger partial charge in [0.25, 0.3) is 0 Å². The lowest BCUT2D eigenvalue weighted by molar-refractivity contribution is -0.118. The Hall–Kier alpha value is -2.30. The van der Waals surface area contributed by atoms with Crippen molar-refractivity contribution in [2.24, 2.45) is 0 Å². The van der Waals surface area contributed by atoms with Crippen molar-refractivity contribution < 1.29 is 14.7 Å². The number of anilines is 1. The molecule has 0 radical (unpaired) electrons. The number of carbonyl (C=O) groups excluding carboxylic acids is 2. The van der Waals surface area contributed by atoms with Gasteiger partial charge in [0.1, 0.15) is 5.75 Å². The molecule has 1 aromatic carbocycles. The molecule has 1 aromatic rings. The minimum Gasteiger partial charge on any atom is -0.508 e. The quantitative estimate of drug-likeness (QED) is 0.835. The molecule has 5 heteroatoms. The number of aromatic hydroxyl groups is 1. The molecule has 0 unspecified atom stereocenters. The van der Waals surface area contributed by atoms with Crippen molar-refractivity contribution in [3.63, 3.8) is 0 Å². The molecule has 1 aliphatic rings. The van der Waals surface area contributed by atoms with Gasteiger partial charge >= 0.3 is 0 Å². The number of phenolic OH excluding ortho intramolecular Hbond substituents is 1. The zero-order valence-electron chi connectivity index (χ0n) is 11.9. The maximum Gasteiger partial charge on any atom is 0.227 e. The first-order chi connectivity index (χ1) is 9.43. The largest absolute Gasteiger partial charge is 0.508 e. The molecular weight excluding hydrogens is 256 g/mol. The van der Waals surface area contributed by atoms with Crippen molar-refractivity contribution in [3.05, 3.63) is 35.5 Å². The smallest absolute Gasteiger partial charge is 0.227 e. The van der Waals surface area contributed by atoms with Crippen molar-refractivity contribution >= 4 is 17.4 Å². The van der Waals surface area contributed by atoms with Gasteiger partial charge in [-0.15, -0.1) is 0 Å². The predicted octanol–water partition coefficient (Wildman–Crippen LogP) is 1.78. The predicted molar refractivity (Wildman–Crippen MR) is 76.9 cm³/mol. The lowest BCUT2D eigenvalue weighted by Gasteiger charge is -2.30. The van der Waals surface area contributed by atoms with Crippen LogP contribution in [0.15, 0.2) is 30.0 Å². The Morgan fingerprint density at radius 2 is 2.15 bits per heavy atom. The molecule has 1 amide bonds. The second kappa shape index (κ2) is 5.36. The summed E-state index contributed by atoms with van der Waals surface area (Å²) in [6, 6.07) is 4.52. The number of hydrogen-bond donors (Lipinski definition) is 1. The molecule has 1 N–H and O–H groups in total. The molecule has 20 heavy (non-hydrogen) atoms. The SMILES string of the molecule is CCC(=O)N1CC(=CN(C)C)C(=O)c2cc(O)ccc21. The van der Waals surface area contributed by atoms with Crippen LogP contribution in [0.1, 0.15) is 23.7 Å². The summed E-state index contributed by atoms with van der Waals surface area (Å²) < 4.78 is 0. The van der Waals surface area contributed by atoms with E-state index >= 15 is 0 Å². The molecule has 2 rings (SSSR count). The van der Waals surface area contributed by atoms with Crippen molar-refractivity contribution in [2.75, 3.05) is 25.5 Å². The molecule has 0 aromatic heterocycles. The van der Waals surface area contributed by atoms with Crippen LogP contribution in [0.25, 0.3) is 0 Å². The highest BCUT2D eigenvalue weighted by Crippen LogP contribution is 2.32. The molecule has 5 nitrogen and oxygen atoms in total. The number of hydrogen-bond acceptors (Lipinski definition) is 4. The fourth-order valence-corrected chi connectivity index (χ4v) is 2.27. The van der Waals surface area contributed by atoms with Crippen LogP contribution >= 0.6 is 0 Å². The Morgan fingerprint density at radius 3 is 2.75 bits per heavy atom. The van der Waals surface area contributed by atoms with E-state index < -0.39 is 0 Å². The molecule has 1 heterocycles. The highest BCUT2D eigenvalue weighted by Gasteiger charge is 2.30. The number of amides is 1. The van der Waals surface area contributed by atoms with Gasteiger partial charge in [-0.2, -0.15) is 0 Å². The second-order valence-corrected chi connectivity index (χ2v) is 4.98. The first kappa shape index (κ1) is 14.1. The minimum atomic E-state index is -0.148. The lowest BCUT2D eigenvalue weighted by atomic mass is 9.95. The van der Waals surface area contributed by atoms with E-state index in [4.69, 9.17) is 0 Å². The van der Waals surface area contributed by atoms with Crippen LogP contribution in [-0.2, 0) is 4.79 Å². The third-order valence-electron chi connectivity index (χ3n) is 3.15. The first-order valence-corrected chi connectivity index (χ1v) is 6.49. The maximum atomic E-state index is 12.4. The van der Waals surface area contributed by atoms with Crippen LogP contribution in [-0.4, -0.2) is 42.3 Å². The van der Waals surface area contributed by atoms with Gasteiger partial charge in [-0.05, 0) is 18.2 Å². The van der Waals surface area contributed by atoms with Crippen molar-refractivity contribution in [2.45, 2.75) is 13.3 Å². The third kappa shape index (κ3) is 2.52. The van der Waals surface area contributed by atoms with Crippen molar-refractivity contribution in [1.82, 2.24) is 4.90 Å². The number of fused-ring (bicyclic) bond motifs is 1. The van der Waals surface area contributed by atoms with Crippen molar-refractivity contribution in [1.29, 1.82) is 0 Å². The van der Waals surface area contributed by atoms with Gasteiger partial charge in [-0.1, -0.05) is 6.92 Å². The third-order valence-corrected chi connectivity index (χ3v) is 3.15. The molecule has 0 atom stereocenters. The van der Waals surface area contributed by atoms with Crippen LogP contribution < -0.4 is 4.90 Å². The van der Waals surface area contributed by atoms with E-state index in [0.717, 1.165) is 0 Å². The number of phenols is 1. The Balaban J connectivity index is 2.56. The topological polar surface area (TPSA) is 60.9 Å². The number of benzene rings is 1. The van der Waals surface area contributed by atoms with Gasteiger partial charge in [-0.3, -0.25) is 9.59 Å². The number of nitrogens with zero attached hydrogens (tertiary/aromatic N) is 2. The summed E-state index contributed by atoms with van der Waals surface area (Å²) in [4.78, 5) is 27.8. The normalized spacial score (nSPS) is 16.2. The van der Waals surface area contributed by atoms with Crippen LogP contribution in [0.4, 0.5) is 5.69 Å². The monoisotopic (exact) mass is 274 g/mol. The lowest BCUT2D eigenvalue weighted by Crippen LogP contribution is -2.39. The Labute approximate surface area is 118 Å². The highest BCUT2D eigenvalue weighted by molar-refractivity contribution is 6.17. The van der Waals surface area contributed by atoms with Gasteiger partial charge in [0, 0.05) is 37.9 Å². The summed E-state index contributed by atoms with van der Waals surface area (Å²) in [6.45, 7) is 2.05. The van der Waals surface area contributed by atoms with E-state index in [1.807, 2.05) is 14.1 Å². The van der Waals surface area contributed by atoms with E-state index in [1.54, 1.807) is 29.0 Å². The van der Waals surface area contributed by atoms with Gasteiger partial charge in [0.2, 0.25) is 5.91 Å². The molecular formula is C15H18N2O3. The van der Waals surface area contributed by atoms with Crippen LogP contribution in [0.2, 0.25) is 0 Å². The van der Waals surface area contributed by atoms with E-state index in [-0.39, 0.29) is 24.0 Å². The molecule has 0 fully saturated rings. The number of rotatable bonds is 2. The zero-order valence-corrected chi connectivity index (χ0v) is 11.9. The first-order valence-electron chi connectivity index (χ1n) is 6.49. The Kier molecular flexibility index (Phi) is 3.79. The van der Waals surface area contributed by atoms with Gasteiger partial charge < -0.3 is 14.9 Å². The molecule has 0 saturated heterocycles. The van der Waals surface area contributed by atoms with E-state index in [2.05, 4.69) is 0 Å². The molecule has 0 aliphatic carbocycles. The molecule has 0 bridgehead atoms. The van der Waals surface area contributed by atoms with Crippen LogP contribution in [0.5, 0.6) is 5.75 Å². The highest BCUT2D eigenvalue weighted by atomic mass is 16.3. The number of ketones is 1. The summed E-state index contributed by atoms with van der Waals surface area (Å²) in [5.41, 5.74) is 1.47. The summed E-state index contributed by atoms with van der Waals surface area (Å²) in [5.74, 6) is -0.175. The fourth-order valence-electron chi connectivity index (χ4n) is 2.27. The average Bonchev–Trinajstić information content (AvgIpc) is 2.41. The minimum absolute atomic E-state index is 0.0205. The number of Topliss-reactive ketones (excluding diaryl/α,β-unsaturated/α-hetero) is 1. The summed E-state index contributed by atoms with van der Waals surface area (Å²) in [7, 11) is 3.65. The van der Waals surface area contributed by atoms with Crippen LogP contribution in [0, 0.1) is 0 Å². The summed E-state index contributed by atoms with van der Waals surface area (Å²) in [5, 5.41) is 9.57. The Bertz CT molecular complexity index is 591. The average molecular weight is 274 g/mol. The molecule has 0 saturated carbocycles. The summed E-state index contributed by atoms with van der Waals surface area (Å²) >= 11 is 0. The van der Waals surface area contributed by atoms with E-state index in [9.17, 15) is 14.7 Å². The van der Waals surface area contributed by atoms with Crippen molar-refractivity contribution in [3.8, 4) is 5.75 Å². The van der Waals surface area contributed by atoms with E-state index in [0.29, 0.717) is 23.2 Å². The van der Waals surface area contributed by atoms with Crippen LogP contribution in [0.3, 0.4) is 0 Å². The second-order valence-electron chi connectivity index (χ2n) is 4.98. The summed E-state index contributed by atoms with van der Waals surface area (Å²) in [6.07, 6.45) is 2.08. The zero-order chi connectivity index (χ0) is 14.9. The standard InChI is InChI=1S/C15H18N2O3/c1-4-14(19)17-9-10(8-16(2)3)15(20)12-7-11(18)5-6-13(12)17/h5-8,18H,4,9H2,1-3H3. The van der Waals surface area contributed by atoms with Gasteiger partial charge in [0.15, 0.2) is 5.78 Å². The van der Waals surface area contributed by atoms with Gasteiger partial charge in [-0.25, -0.2) is 0 Å². The fraction of sp³-hybridized carbons (Fsp3) is 0.333. The molecule has 1 aliphatic heterocycles. The molecule has 0 spiro atoms. The Morgan fingerprint density at radius 1 is 1.45 bits per heavy atom. The van der Waals surface area contributed by atoms with E-state index in [1.165, 1.54) is 12.1 Å². The maximum absolute atomic E-state index is 12.4. The molecule has 106 valence electrons. The van der Waals surface area contributed by atoms with Gasteiger partial charge in [0.05, 0.1) is 12.2 Å². The number of carbonyl (C=O) groups is 2.